The smallest absolute Gasteiger partial charge is 0.230 e. The Labute approximate surface area is 178 Å². The van der Waals surface area contributed by atoms with Crippen LogP contribution in [-0.2, 0) is 20.7 Å². The number of likely N-dealkylation sites (tertiary alicyclic amines) is 1. The molecule has 3 fully saturated rings. The van der Waals surface area contributed by atoms with Crippen molar-refractivity contribution in [2.45, 2.75) is 62.7 Å². The van der Waals surface area contributed by atoms with Gasteiger partial charge in [0.25, 0.3) is 0 Å². The van der Waals surface area contributed by atoms with Crippen molar-refractivity contribution in [1.82, 2.24) is 14.8 Å². The van der Waals surface area contributed by atoms with Gasteiger partial charge in [0.05, 0.1) is 24.5 Å². The Morgan fingerprint density at radius 2 is 2.07 bits per heavy atom. The van der Waals surface area contributed by atoms with E-state index in [9.17, 15) is 9.59 Å². The van der Waals surface area contributed by atoms with Crippen LogP contribution in [0.15, 0.2) is 36.5 Å². The molecule has 1 saturated carbocycles. The van der Waals surface area contributed by atoms with Gasteiger partial charge < -0.3 is 14.5 Å². The maximum Gasteiger partial charge on any atom is 0.230 e. The number of carbonyl (C=O) groups excluding carboxylic acids is 2. The summed E-state index contributed by atoms with van der Waals surface area (Å²) >= 11 is 0. The van der Waals surface area contributed by atoms with Crippen molar-refractivity contribution >= 4 is 11.8 Å². The molecule has 1 aromatic rings. The lowest BCUT2D eigenvalue weighted by Gasteiger charge is -2.30. The predicted molar refractivity (Wildman–Crippen MR) is 113 cm³/mol. The molecule has 1 aliphatic carbocycles. The summed E-state index contributed by atoms with van der Waals surface area (Å²) in [6.07, 6.45) is 13.3. The monoisotopic (exact) mass is 409 g/mol. The van der Waals surface area contributed by atoms with Crippen LogP contribution in [0.2, 0.25) is 0 Å². The van der Waals surface area contributed by atoms with Crippen LogP contribution in [0.3, 0.4) is 0 Å². The minimum absolute atomic E-state index is 0.0169. The molecule has 0 unspecified atom stereocenters. The van der Waals surface area contributed by atoms with Gasteiger partial charge in [0, 0.05) is 37.9 Å². The molecule has 0 radical (unpaired) electrons. The average Bonchev–Trinajstić information content (AvgIpc) is 3.32. The summed E-state index contributed by atoms with van der Waals surface area (Å²) in [6, 6.07) is 6.13. The van der Waals surface area contributed by atoms with Gasteiger partial charge in [-0.25, -0.2) is 0 Å². The number of rotatable bonds is 5. The minimum Gasteiger partial charge on any atom is -0.360 e. The summed E-state index contributed by atoms with van der Waals surface area (Å²) in [5.41, 5.74) is 0.366. The number of hydrogen-bond donors (Lipinski definition) is 0. The van der Waals surface area contributed by atoms with E-state index in [4.69, 9.17) is 4.74 Å². The van der Waals surface area contributed by atoms with Gasteiger partial charge in [-0.1, -0.05) is 43.9 Å². The molecule has 2 bridgehead atoms. The van der Waals surface area contributed by atoms with Gasteiger partial charge in [-0.05, 0) is 25.0 Å². The fraction of sp³-hybridized carbons (Fsp3) is 0.625. The van der Waals surface area contributed by atoms with Crippen LogP contribution in [0.25, 0.3) is 0 Å². The van der Waals surface area contributed by atoms with Crippen molar-refractivity contribution in [3.8, 4) is 0 Å². The standard InChI is InChI=1S/C24H31N3O3/c1-26(15-12-17-8-6-7-14-25-17)22(28)20-19-11-13-24(30-19)16-27(23(29)21(20)24)18-9-4-2-3-5-10-18/h6-8,11,13-14,18-21H,2-5,9-10,12,15-16H2,1H3/t19-,20+,21+,24-/m0/s1. The molecule has 0 aromatic carbocycles. The molecule has 2 amide bonds. The van der Waals surface area contributed by atoms with Crippen molar-refractivity contribution in [3.05, 3.63) is 42.2 Å². The van der Waals surface area contributed by atoms with E-state index < -0.39 is 11.5 Å². The van der Waals surface area contributed by atoms with E-state index >= 15 is 0 Å². The molecular formula is C24H31N3O3. The second kappa shape index (κ2) is 7.80. The highest BCUT2D eigenvalue weighted by atomic mass is 16.5. The number of amides is 2. The first-order valence-electron chi connectivity index (χ1n) is 11.4. The highest BCUT2D eigenvalue weighted by Crippen LogP contribution is 2.53. The number of likely N-dealkylation sites (N-methyl/N-ethyl adjacent to an activating group) is 1. The summed E-state index contributed by atoms with van der Waals surface area (Å²) in [5, 5.41) is 0. The topological polar surface area (TPSA) is 62.7 Å². The van der Waals surface area contributed by atoms with Gasteiger partial charge in [-0.15, -0.1) is 0 Å². The van der Waals surface area contributed by atoms with Crippen LogP contribution >= 0.6 is 0 Å². The third-order valence-electron chi connectivity index (χ3n) is 7.49. The zero-order chi connectivity index (χ0) is 20.7. The second-order valence-electron chi connectivity index (χ2n) is 9.34. The third-order valence-corrected chi connectivity index (χ3v) is 7.49. The molecule has 4 heterocycles. The number of nitrogens with zero attached hydrogens (tertiary/aromatic N) is 3. The van der Waals surface area contributed by atoms with Crippen LogP contribution in [0, 0.1) is 11.8 Å². The first kappa shape index (κ1) is 19.7. The highest BCUT2D eigenvalue weighted by Gasteiger charge is 2.67. The van der Waals surface area contributed by atoms with Gasteiger partial charge in [-0.2, -0.15) is 0 Å². The largest absolute Gasteiger partial charge is 0.360 e. The first-order chi connectivity index (χ1) is 14.6. The summed E-state index contributed by atoms with van der Waals surface area (Å²) in [4.78, 5) is 35.1. The molecule has 1 aromatic heterocycles. The molecule has 4 atom stereocenters. The summed E-state index contributed by atoms with van der Waals surface area (Å²) < 4.78 is 6.32. The zero-order valence-corrected chi connectivity index (χ0v) is 17.7. The van der Waals surface area contributed by atoms with Gasteiger partial charge >= 0.3 is 0 Å². The number of aromatic nitrogens is 1. The number of carbonyl (C=O) groups is 2. The van der Waals surface area contributed by atoms with Crippen LogP contribution in [0.1, 0.15) is 44.2 Å². The molecule has 4 aliphatic rings. The van der Waals surface area contributed by atoms with Crippen molar-refractivity contribution in [2.24, 2.45) is 11.8 Å². The molecule has 6 heteroatoms. The Hall–Kier alpha value is -2.21. The highest BCUT2D eigenvalue weighted by molar-refractivity contribution is 5.93. The van der Waals surface area contributed by atoms with Gasteiger partial charge in [0.15, 0.2) is 0 Å². The van der Waals surface area contributed by atoms with Gasteiger partial charge in [-0.3, -0.25) is 14.6 Å². The molecule has 6 nitrogen and oxygen atoms in total. The fourth-order valence-electron chi connectivity index (χ4n) is 5.88. The van der Waals surface area contributed by atoms with E-state index in [2.05, 4.69) is 16.0 Å². The Bertz CT molecular complexity index is 833. The fourth-order valence-corrected chi connectivity index (χ4v) is 5.88. The van der Waals surface area contributed by atoms with Gasteiger partial charge in [0.1, 0.15) is 5.60 Å². The summed E-state index contributed by atoms with van der Waals surface area (Å²) in [7, 11) is 1.83. The maximum absolute atomic E-state index is 13.5. The van der Waals surface area contributed by atoms with Crippen molar-refractivity contribution in [3.63, 3.8) is 0 Å². The predicted octanol–water partition coefficient (Wildman–Crippen LogP) is 2.59. The van der Waals surface area contributed by atoms with Crippen LogP contribution < -0.4 is 0 Å². The summed E-state index contributed by atoms with van der Waals surface area (Å²) in [5.74, 6) is -0.638. The summed E-state index contributed by atoms with van der Waals surface area (Å²) in [6.45, 7) is 1.19. The lowest BCUT2D eigenvalue weighted by atomic mass is 9.76. The molecule has 2 saturated heterocycles. The Morgan fingerprint density at radius 1 is 1.27 bits per heavy atom. The molecule has 5 rings (SSSR count). The van der Waals surface area contributed by atoms with Crippen LogP contribution in [0.5, 0.6) is 0 Å². The molecule has 1 spiro atoms. The normalized spacial score (nSPS) is 33.0. The van der Waals surface area contributed by atoms with E-state index in [-0.39, 0.29) is 23.8 Å². The number of hydrogen-bond acceptors (Lipinski definition) is 4. The molecule has 30 heavy (non-hydrogen) atoms. The zero-order valence-electron chi connectivity index (χ0n) is 17.7. The van der Waals surface area contributed by atoms with Crippen LogP contribution in [-0.4, -0.2) is 64.5 Å². The Morgan fingerprint density at radius 3 is 2.80 bits per heavy atom. The van der Waals surface area contributed by atoms with E-state index in [0.717, 1.165) is 18.5 Å². The first-order valence-corrected chi connectivity index (χ1v) is 11.4. The lowest BCUT2D eigenvalue weighted by molar-refractivity contribution is -0.143. The van der Waals surface area contributed by atoms with Gasteiger partial charge in [0.2, 0.25) is 11.8 Å². The Balaban J connectivity index is 1.31. The Kier molecular flexibility index (Phi) is 5.13. The number of ether oxygens (including phenoxy) is 1. The van der Waals surface area contributed by atoms with Crippen molar-refractivity contribution in [2.75, 3.05) is 20.1 Å². The van der Waals surface area contributed by atoms with E-state index in [0.29, 0.717) is 25.6 Å². The lowest BCUT2D eigenvalue weighted by Crippen LogP contribution is -2.45. The molecular weight excluding hydrogens is 378 g/mol. The average molecular weight is 410 g/mol. The molecule has 3 aliphatic heterocycles. The van der Waals surface area contributed by atoms with Crippen LogP contribution in [0.4, 0.5) is 0 Å². The van der Waals surface area contributed by atoms with Crippen molar-refractivity contribution < 1.29 is 14.3 Å². The van der Waals surface area contributed by atoms with E-state index in [1.54, 1.807) is 11.1 Å². The molecule has 160 valence electrons. The minimum atomic E-state index is -0.601. The van der Waals surface area contributed by atoms with E-state index in [1.807, 2.05) is 31.3 Å². The maximum atomic E-state index is 13.5. The van der Waals surface area contributed by atoms with Crippen molar-refractivity contribution in [1.29, 1.82) is 0 Å². The second-order valence-corrected chi connectivity index (χ2v) is 9.34. The molecule has 0 N–H and O–H groups in total. The number of fused-ring (bicyclic) bond motifs is 1. The van der Waals surface area contributed by atoms with E-state index in [1.165, 1.54) is 25.7 Å². The quantitative estimate of drug-likeness (QED) is 0.554. The number of pyridine rings is 1. The SMILES string of the molecule is CN(CCc1ccccn1)C(=O)[C@@H]1[C@@H]2C=C[C@@]3(CN(C4CCCCCC4)C(=O)[C@@H]13)O2. The third kappa shape index (κ3) is 3.25.